The van der Waals surface area contributed by atoms with Crippen molar-refractivity contribution in [1.29, 1.82) is 0 Å². The predicted molar refractivity (Wildman–Crippen MR) is 133 cm³/mol. The van der Waals surface area contributed by atoms with Crippen molar-refractivity contribution in [3.63, 3.8) is 0 Å². The van der Waals surface area contributed by atoms with Gasteiger partial charge < -0.3 is 0 Å². The molecule has 4 aromatic rings. The van der Waals surface area contributed by atoms with Crippen molar-refractivity contribution in [2.24, 2.45) is 5.92 Å². The van der Waals surface area contributed by atoms with Gasteiger partial charge in [0, 0.05) is 27.9 Å². The molecular formula is C31H27N. The Labute approximate surface area is 190 Å². The Hall–Kier alpha value is -3.37. The van der Waals surface area contributed by atoms with E-state index in [2.05, 4.69) is 106 Å². The van der Waals surface area contributed by atoms with Crippen LogP contribution in [0.4, 0.5) is 0 Å². The summed E-state index contributed by atoms with van der Waals surface area (Å²) >= 11 is 0. The Balaban J connectivity index is 1.79. The highest BCUT2D eigenvalue weighted by atomic mass is 14.7. The molecule has 0 N–H and O–H groups in total. The molecule has 0 amide bonds. The monoisotopic (exact) mass is 413 g/mol. The van der Waals surface area contributed by atoms with E-state index in [9.17, 15) is 0 Å². The smallest absolute Gasteiger partial charge is 0.0783 e. The number of fused-ring (bicyclic) bond motifs is 5. The van der Waals surface area contributed by atoms with E-state index in [4.69, 9.17) is 4.98 Å². The molecule has 1 heteroatoms. The Bertz CT molecular complexity index is 1410. The van der Waals surface area contributed by atoms with Crippen molar-refractivity contribution in [3.8, 4) is 0 Å². The topological polar surface area (TPSA) is 12.9 Å². The van der Waals surface area contributed by atoms with E-state index >= 15 is 0 Å². The molecule has 2 aliphatic rings. The number of benzene rings is 2. The van der Waals surface area contributed by atoms with E-state index in [1.807, 2.05) is 6.07 Å². The van der Waals surface area contributed by atoms with Crippen LogP contribution in [0.5, 0.6) is 0 Å². The summed E-state index contributed by atoms with van der Waals surface area (Å²) in [6, 6.07) is 24.2. The SMILES string of the molecule is Cc1cc2c3c(cnc2c2ccccc12)C(C)(C)CC3(c1c#cccc1)C1C=CC=CC1. The molecule has 1 heterocycles. The van der Waals surface area contributed by atoms with Crippen LogP contribution >= 0.6 is 0 Å². The highest BCUT2D eigenvalue weighted by Gasteiger charge is 2.53. The summed E-state index contributed by atoms with van der Waals surface area (Å²) < 4.78 is 0. The van der Waals surface area contributed by atoms with Crippen LogP contribution in [0.25, 0.3) is 21.7 Å². The normalized spacial score (nSPS) is 23.4. The lowest BCUT2D eigenvalue weighted by Gasteiger charge is -2.39. The minimum Gasteiger partial charge on any atom is -0.255 e. The number of hydrogen-bond acceptors (Lipinski definition) is 1. The second-order valence-corrected chi connectivity index (χ2v) is 10.1. The van der Waals surface area contributed by atoms with Crippen LogP contribution < -0.4 is 0 Å². The second-order valence-electron chi connectivity index (χ2n) is 10.1. The molecule has 0 saturated heterocycles. The Morgan fingerprint density at radius 1 is 1.00 bits per heavy atom. The summed E-state index contributed by atoms with van der Waals surface area (Å²) in [6.07, 6.45) is 13.4. The Morgan fingerprint density at radius 3 is 2.59 bits per heavy atom. The fraction of sp³-hybridized carbons (Fsp3) is 0.258. The number of hydrogen-bond donors (Lipinski definition) is 0. The number of pyridine rings is 1. The average Bonchev–Trinajstić information content (AvgIpc) is 3.09. The molecule has 1 nitrogen and oxygen atoms in total. The zero-order valence-corrected chi connectivity index (χ0v) is 18.9. The molecule has 2 aliphatic carbocycles. The van der Waals surface area contributed by atoms with Gasteiger partial charge in [0.15, 0.2) is 0 Å². The number of aryl methyl sites for hydroxylation is 1. The van der Waals surface area contributed by atoms with Crippen molar-refractivity contribution < 1.29 is 0 Å². The third-order valence-electron chi connectivity index (χ3n) is 7.72. The highest BCUT2D eigenvalue weighted by Crippen LogP contribution is 2.59. The van der Waals surface area contributed by atoms with Gasteiger partial charge in [-0.3, -0.25) is 4.98 Å². The standard InChI is InChI=1S/C31H27N/c1-21-18-26-28-27(19-32-29(26)25-17-11-10-16-24(21)25)30(2,3)20-31(28,22-12-6-4-7-13-22)23-14-8-5-9-15-23/h4-8,10-12,14,16-19,22H,13,20H2,1-3H3. The molecule has 0 spiro atoms. The lowest BCUT2D eigenvalue weighted by atomic mass is 9.63. The third kappa shape index (κ3) is 2.56. The molecule has 0 bridgehead atoms. The number of aromatic nitrogens is 1. The first-order valence-corrected chi connectivity index (χ1v) is 11.6. The van der Waals surface area contributed by atoms with E-state index in [0.717, 1.165) is 18.4 Å². The summed E-state index contributed by atoms with van der Waals surface area (Å²) in [5.41, 5.74) is 6.35. The zero-order valence-electron chi connectivity index (χ0n) is 18.9. The second kappa shape index (κ2) is 6.81. The van der Waals surface area contributed by atoms with Gasteiger partial charge in [-0.05, 0) is 71.4 Å². The van der Waals surface area contributed by atoms with Crippen LogP contribution in [-0.4, -0.2) is 4.98 Å². The first-order chi connectivity index (χ1) is 15.5. The van der Waals surface area contributed by atoms with Gasteiger partial charge in [-0.2, -0.15) is 0 Å². The molecule has 6 rings (SSSR count). The van der Waals surface area contributed by atoms with Crippen LogP contribution in [0, 0.1) is 25.0 Å². The molecule has 156 valence electrons. The fourth-order valence-electron chi connectivity index (χ4n) is 6.39. The minimum atomic E-state index is -0.159. The van der Waals surface area contributed by atoms with Gasteiger partial charge in [0.25, 0.3) is 0 Å². The van der Waals surface area contributed by atoms with Crippen molar-refractivity contribution in [2.75, 3.05) is 0 Å². The van der Waals surface area contributed by atoms with Gasteiger partial charge in [0.05, 0.1) is 5.52 Å². The molecule has 0 aliphatic heterocycles. The Kier molecular flexibility index (Phi) is 4.11. The summed E-state index contributed by atoms with van der Waals surface area (Å²) in [6.45, 7) is 6.99. The average molecular weight is 414 g/mol. The number of allylic oxidation sites excluding steroid dienone is 4. The molecule has 0 radical (unpaired) electrons. The molecule has 3 aromatic carbocycles. The maximum Gasteiger partial charge on any atom is 0.0783 e. The molecule has 32 heavy (non-hydrogen) atoms. The van der Waals surface area contributed by atoms with Gasteiger partial charge in [0.1, 0.15) is 0 Å². The first-order valence-electron chi connectivity index (χ1n) is 11.6. The van der Waals surface area contributed by atoms with E-state index in [1.165, 1.54) is 38.4 Å². The molecule has 0 fully saturated rings. The quantitative estimate of drug-likeness (QED) is 0.312. The first kappa shape index (κ1) is 19.3. The molecule has 1 aromatic heterocycles. The fourth-order valence-corrected chi connectivity index (χ4v) is 6.39. The molecule has 2 unspecified atom stereocenters. The van der Waals surface area contributed by atoms with Crippen molar-refractivity contribution in [1.82, 2.24) is 4.98 Å². The van der Waals surface area contributed by atoms with Crippen LogP contribution in [0.2, 0.25) is 0 Å². The van der Waals surface area contributed by atoms with Gasteiger partial charge in [-0.25, -0.2) is 0 Å². The largest absolute Gasteiger partial charge is 0.255 e. The summed E-state index contributed by atoms with van der Waals surface area (Å²) in [4.78, 5) is 5.07. The van der Waals surface area contributed by atoms with Crippen LogP contribution in [0.15, 0.2) is 79.0 Å². The van der Waals surface area contributed by atoms with Gasteiger partial charge in [0.2, 0.25) is 0 Å². The zero-order chi connectivity index (χ0) is 21.9. The number of nitrogens with zero attached hydrogens (tertiary/aromatic N) is 1. The van der Waals surface area contributed by atoms with Gasteiger partial charge in [-0.15, -0.1) is 0 Å². The van der Waals surface area contributed by atoms with Gasteiger partial charge >= 0.3 is 0 Å². The van der Waals surface area contributed by atoms with Crippen LogP contribution in [0.3, 0.4) is 0 Å². The minimum absolute atomic E-state index is 0.0226. The van der Waals surface area contributed by atoms with Crippen molar-refractivity contribution >= 4 is 21.7 Å². The van der Waals surface area contributed by atoms with E-state index in [1.54, 1.807) is 0 Å². The van der Waals surface area contributed by atoms with Crippen molar-refractivity contribution in [2.45, 2.75) is 44.4 Å². The lowest BCUT2D eigenvalue weighted by Crippen LogP contribution is -2.35. The maximum absolute atomic E-state index is 5.07. The van der Waals surface area contributed by atoms with Crippen molar-refractivity contribution in [3.05, 3.63) is 113 Å². The predicted octanol–water partition coefficient (Wildman–Crippen LogP) is 7.40. The summed E-state index contributed by atoms with van der Waals surface area (Å²) in [5, 5.41) is 3.83. The van der Waals surface area contributed by atoms with Crippen LogP contribution in [0.1, 0.15) is 48.9 Å². The summed E-state index contributed by atoms with van der Waals surface area (Å²) in [7, 11) is 0. The van der Waals surface area contributed by atoms with Crippen LogP contribution in [-0.2, 0) is 10.8 Å². The molecule has 2 atom stereocenters. The highest BCUT2D eigenvalue weighted by molar-refractivity contribution is 6.08. The number of rotatable bonds is 2. The van der Waals surface area contributed by atoms with E-state index in [0.29, 0.717) is 5.92 Å². The molecule has 0 saturated carbocycles. The van der Waals surface area contributed by atoms with Gasteiger partial charge in [-0.1, -0.05) is 80.6 Å². The van der Waals surface area contributed by atoms with E-state index in [-0.39, 0.29) is 10.8 Å². The lowest BCUT2D eigenvalue weighted by molar-refractivity contribution is 0.324. The summed E-state index contributed by atoms with van der Waals surface area (Å²) in [5.74, 6) is 0.373. The third-order valence-corrected chi connectivity index (χ3v) is 7.72. The molecular weight excluding hydrogens is 386 g/mol. The van der Waals surface area contributed by atoms with E-state index < -0.39 is 0 Å². The Morgan fingerprint density at radius 2 is 1.84 bits per heavy atom. The maximum atomic E-state index is 5.07.